The van der Waals surface area contributed by atoms with Gasteiger partial charge in [0.15, 0.2) is 17.5 Å². The molecule has 0 heterocycles. The fourth-order valence-electron chi connectivity index (χ4n) is 1.82. The van der Waals surface area contributed by atoms with E-state index in [4.69, 9.17) is 5.73 Å². The number of nitrogen functional groups attached to an aromatic ring is 1. The summed E-state index contributed by atoms with van der Waals surface area (Å²) in [7, 11) is 1.19. The van der Waals surface area contributed by atoms with Gasteiger partial charge in [-0.3, -0.25) is 0 Å². The number of benzene rings is 2. The number of rotatable bonds is 2. The first-order chi connectivity index (χ1) is 9.45. The largest absolute Gasteiger partial charge is 0.465 e. The molecule has 2 N–H and O–H groups in total. The van der Waals surface area contributed by atoms with Crippen LogP contribution in [0.2, 0.25) is 0 Å². The van der Waals surface area contributed by atoms with E-state index in [1.165, 1.54) is 25.3 Å². The lowest BCUT2D eigenvalue weighted by molar-refractivity contribution is 0.0602. The fourth-order valence-corrected chi connectivity index (χ4v) is 1.82. The Hall–Kier alpha value is -2.50. The van der Waals surface area contributed by atoms with Crippen LogP contribution in [-0.2, 0) is 4.74 Å². The zero-order valence-corrected chi connectivity index (χ0v) is 10.4. The van der Waals surface area contributed by atoms with Crippen molar-refractivity contribution in [3.63, 3.8) is 0 Å². The molecule has 0 aromatic heterocycles. The number of hydrogen-bond acceptors (Lipinski definition) is 3. The Bertz CT molecular complexity index is 663. The van der Waals surface area contributed by atoms with E-state index in [1.54, 1.807) is 0 Å². The predicted octanol–water partition coefficient (Wildman–Crippen LogP) is 3.14. The summed E-state index contributed by atoms with van der Waals surface area (Å²) < 4.78 is 44.0. The number of ether oxygens (including phenoxy) is 1. The van der Waals surface area contributed by atoms with Crippen LogP contribution in [0.5, 0.6) is 0 Å². The number of nitrogens with two attached hydrogens (primary N) is 1. The van der Waals surface area contributed by atoms with Gasteiger partial charge in [-0.05, 0) is 23.8 Å². The second-order valence-corrected chi connectivity index (χ2v) is 4.01. The molecule has 0 aliphatic heterocycles. The van der Waals surface area contributed by atoms with Crippen LogP contribution in [0.15, 0.2) is 30.3 Å². The van der Waals surface area contributed by atoms with Gasteiger partial charge in [0.1, 0.15) is 0 Å². The van der Waals surface area contributed by atoms with Crippen LogP contribution >= 0.6 is 0 Å². The maximum Gasteiger partial charge on any atom is 0.339 e. The van der Waals surface area contributed by atoms with E-state index < -0.39 is 23.4 Å². The molecule has 0 saturated carbocycles. The number of anilines is 1. The molecule has 2 aromatic carbocycles. The Labute approximate surface area is 112 Å². The van der Waals surface area contributed by atoms with Gasteiger partial charge in [-0.1, -0.05) is 12.1 Å². The number of hydrogen-bond donors (Lipinski definition) is 1. The lowest BCUT2D eigenvalue weighted by atomic mass is 10.00. The molecule has 0 atom stereocenters. The Balaban J connectivity index is 2.62. The summed E-state index contributed by atoms with van der Waals surface area (Å²) in [5.74, 6) is -4.89. The van der Waals surface area contributed by atoms with Crippen LogP contribution in [0.25, 0.3) is 11.1 Å². The third kappa shape index (κ3) is 2.32. The molecule has 3 nitrogen and oxygen atoms in total. The first kappa shape index (κ1) is 13.9. The Morgan fingerprint density at radius 3 is 2.30 bits per heavy atom. The predicted molar refractivity (Wildman–Crippen MR) is 67.5 cm³/mol. The fraction of sp³-hybridized carbons (Fsp3) is 0.0714. The van der Waals surface area contributed by atoms with Crippen molar-refractivity contribution in [2.45, 2.75) is 0 Å². The third-order valence-corrected chi connectivity index (χ3v) is 2.81. The molecule has 0 fully saturated rings. The quantitative estimate of drug-likeness (QED) is 0.522. The number of para-hydroxylation sites is 1. The highest BCUT2D eigenvalue weighted by atomic mass is 19.2. The van der Waals surface area contributed by atoms with E-state index in [0.717, 1.165) is 12.1 Å². The highest BCUT2D eigenvalue weighted by Gasteiger charge is 2.17. The Kier molecular flexibility index (Phi) is 3.65. The molecule has 0 spiro atoms. The molecule has 2 aromatic rings. The van der Waals surface area contributed by atoms with E-state index in [2.05, 4.69) is 4.74 Å². The first-order valence-electron chi connectivity index (χ1n) is 5.57. The molecule has 0 amide bonds. The molecule has 0 unspecified atom stereocenters. The molecule has 0 bridgehead atoms. The van der Waals surface area contributed by atoms with Gasteiger partial charge in [-0.15, -0.1) is 0 Å². The summed E-state index contributed by atoms with van der Waals surface area (Å²) in [4.78, 5) is 11.5. The molecular weight excluding hydrogens is 271 g/mol. The summed E-state index contributed by atoms with van der Waals surface area (Å²) in [6, 6.07) is 5.99. The summed E-state index contributed by atoms with van der Waals surface area (Å²) >= 11 is 0. The van der Waals surface area contributed by atoms with E-state index >= 15 is 0 Å². The maximum atomic E-state index is 13.2. The van der Waals surface area contributed by atoms with Gasteiger partial charge in [0.25, 0.3) is 0 Å². The minimum absolute atomic E-state index is 0.00441. The van der Waals surface area contributed by atoms with Crippen LogP contribution in [0.4, 0.5) is 18.9 Å². The number of carbonyl (C=O) groups excluding carboxylic acids is 1. The number of methoxy groups -OCH3 is 1. The monoisotopic (exact) mass is 281 g/mol. The number of esters is 1. The SMILES string of the molecule is COC(=O)c1cccc(-c2cc(F)c(F)c(F)c2)c1N. The van der Waals surface area contributed by atoms with Crippen molar-refractivity contribution >= 4 is 11.7 Å². The molecule has 20 heavy (non-hydrogen) atoms. The van der Waals surface area contributed by atoms with Gasteiger partial charge in [0.2, 0.25) is 0 Å². The van der Waals surface area contributed by atoms with Crippen molar-refractivity contribution in [2.24, 2.45) is 0 Å². The number of carbonyl (C=O) groups is 1. The molecule has 0 saturated heterocycles. The van der Waals surface area contributed by atoms with Gasteiger partial charge in [-0.2, -0.15) is 0 Å². The second kappa shape index (κ2) is 5.24. The normalized spacial score (nSPS) is 10.4. The highest BCUT2D eigenvalue weighted by molar-refractivity contribution is 5.99. The van der Waals surface area contributed by atoms with Crippen molar-refractivity contribution in [3.8, 4) is 11.1 Å². The second-order valence-electron chi connectivity index (χ2n) is 4.01. The minimum atomic E-state index is -1.56. The van der Waals surface area contributed by atoms with Crippen molar-refractivity contribution < 1.29 is 22.7 Å². The minimum Gasteiger partial charge on any atom is -0.465 e. The molecule has 0 aliphatic carbocycles. The van der Waals surface area contributed by atoms with Crippen LogP contribution in [0, 0.1) is 17.5 Å². The lowest BCUT2D eigenvalue weighted by Gasteiger charge is -2.10. The zero-order valence-electron chi connectivity index (χ0n) is 10.4. The van der Waals surface area contributed by atoms with E-state index in [1.807, 2.05) is 0 Å². The average molecular weight is 281 g/mol. The van der Waals surface area contributed by atoms with Crippen LogP contribution < -0.4 is 5.73 Å². The standard InChI is InChI=1S/C14H10F3NO2/c1-20-14(19)9-4-2-3-8(13(9)18)7-5-10(15)12(17)11(16)6-7/h2-6H,18H2,1H3. The molecular formula is C14H10F3NO2. The molecule has 0 radical (unpaired) electrons. The van der Waals surface area contributed by atoms with Gasteiger partial charge in [0, 0.05) is 5.56 Å². The topological polar surface area (TPSA) is 52.3 Å². The van der Waals surface area contributed by atoms with Crippen LogP contribution in [0.3, 0.4) is 0 Å². The van der Waals surface area contributed by atoms with E-state index in [-0.39, 0.29) is 22.4 Å². The van der Waals surface area contributed by atoms with Crippen molar-refractivity contribution in [1.29, 1.82) is 0 Å². The average Bonchev–Trinajstić information content (AvgIpc) is 2.43. The highest BCUT2D eigenvalue weighted by Crippen LogP contribution is 2.30. The van der Waals surface area contributed by atoms with Gasteiger partial charge < -0.3 is 10.5 Å². The summed E-state index contributed by atoms with van der Waals surface area (Å²) in [6.45, 7) is 0. The maximum absolute atomic E-state index is 13.2. The Morgan fingerprint density at radius 1 is 1.15 bits per heavy atom. The third-order valence-electron chi connectivity index (χ3n) is 2.81. The summed E-state index contributed by atoms with van der Waals surface area (Å²) in [6.07, 6.45) is 0. The van der Waals surface area contributed by atoms with Crippen molar-refractivity contribution in [1.82, 2.24) is 0 Å². The lowest BCUT2D eigenvalue weighted by Crippen LogP contribution is -2.06. The number of halogens is 3. The summed E-state index contributed by atoms with van der Waals surface area (Å²) in [5, 5.41) is 0. The van der Waals surface area contributed by atoms with Crippen LogP contribution in [-0.4, -0.2) is 13.1 Å². The summed E-state index contributed by atoms with van der Waals surface area (Å²) in [5.41, 5.74) is 6.11. The molecule has 104 valence electrons. The Morgan fingerprint density at radius 2 is 1.75 bits per heavy atom. The first-order valence-corrected chi connectivity index (χ1v) is 5.57. The van der Waals surface area contributed by atoms with Crippen LogP contribution in [0.1, 0.15) is 10.4 Å². The molecule has 6 heteroatoms. The van der Waals surface area contributed by atoms with E-state index in [0.29, 0.717) is 0 Å². The molecule has 2 rings (SSSR count). The van der Waals surface area contributed by atoms with Crippen molar-refractivity contribution in [2.75, 3.05) is 12.8 Å². The zero-order chi connectivity index (χ0) is 14.9. The van der Waals surface area contributed by atoms with Gasteiger partial charge in [-0.25, -0.2) is 18.0 Å². The van der Waals surface area contributed by atoms with E-state index in [9.17, 15) is 18.0 Å². The van der Waals surface area contributed by atoms with Crippen molar-refractivity contribution in [3.05, 3.63) is 53.3 Å². The van der Waals surface area contributed by atoms with Gasteiger partial charge >= 0.3 is 5.97 Å². The molecule has 0 aliphatic rings. The smallest absolute Gasteiger partial charge is 0.339 e. The van der Waals surface area contributed by atoms with Gasteiger partial charge in [0.05, 0.1) is 18.4 Å².